The predicted octanol–water partition coefficient (Wildman–Crippen LogP) is 3.45. The molecular formula is C20H19ClN4O3. The van der Waals surface area contributed by atoms with Gasteiger partial charge in [-0.15, -0.1) is 0 Å². The van der Waals surface area contributed by atoms with Crippen LogP contribution in [0.3, 0.4) is 0 Å². The maximum absolute atomic E-state index is 12.6. The topological polar surface area (TPSA) is 87.3 Å². The maximum atomic E-state index is 12.6. The van der Waals surface area contributed by atoms with E-state index in [1.807, 2.05) is 30.3 Å². The van der Waals surface area contributed by atoms with Gasteiger partial charge in [0.15, 0.2) is 0 Å². The minimum Gasteiger partial charge on any atom is -0.495 e. The number of aromatic amines is 1. The molecule has 0 bridgehead atoms. The van der Waals surface area contributed by atoms with E-state index in [9.17, 15) is 9.59 Å². The zero-order chi connectivity index (χ0) is 20.1. The van der Waals surface area contributed by atoms with Gasteiger partial charge in [0, 0.05) is 17.6 Å². The molecule has 0 fully saturated rings. The number of aromatic nitrogens is 2. The molecule has 2 N–H and O–H groups in total. The van der Waals surface area contributed by atoms with E-state index in [4.69, 9.17) is 16.3 Å². The Bertz CT molecular complexity index is 988. The van der Waals surface area contributed by atoms with Crippen molar-refractivity contribution in [1.82, 2.24) is 15.1 Å². The Kier molecular flexibility index (Phi) is 5.96. The van der Waals surface area contributed by atoms with Gasteiger partial charge in [0.05, 0.1) is 25.0 Å². The van der Waals surface area contributed by atoms with Crippen molar-refractivity contribution in [2.45, 2.75) is 0 Å². The average Bonchev–Trinajstić information content (AvgIpc) is 3.18. The average molecular weight is 399 g/mol. The fraction of sp³-hybridized carbons (Fsp3) is 0.150. The van der Waals surface area contributed by atoms with Crippen molar-refractivity contribution in [2.24, 2.45) is 0 Å². The molecule has 0 aliphatic heterocycles. The quantitative estimate of drug-likeness (QED) is 0.665. The zero-order valence-electron chi connectivity index (χ0n) is 15.4. The Morgan fingerprint density at radius 2 is 1.93 bits per heavy atom. The molecule has 0 aliphatic rings. The summed E-state index contributed by atoms with van der Waals surface area (Å²) in [5.41, 5.74) is 2.29. The summed E-state index contributed by atoms with van der Waals surface area (Å²) in [7, 11) is 3.04. The zero-order valence-corrected chi connectivity index (χ0v) is 16.2. The van der Waals surface area contributed by atoms with E-state index < -0.39 is 0 Å². The van der Waals surface area contributed by atoms with Gasteiger partial charge in [-0.1, -0.05) is 41.9 Å². The minimum atomic E-state index is -0.376. The number of carbonyl (C=O) groups excluding carboxylic acids is 2. The van der Waals surface area contributed by atoms with Gasteiger partial charge in [-0.05, 0) is 24.3 Å². The van der Waals surface area contributed by atoms with E-state index >= 15 is 0 Å². The summed E-state index contributed by atoms with van der Waals surface area (Å²) in [6.07, 6.45) is 0. The second-order valence-electron chi connectivity index (χ2n) is 6.09. The van der Waals surface area contributed by atoms with E-state index in [0.29, 0.717) is 27.8 Å². The second-order valence-corrected chi connectivity index (χ2v) is 6.52. The molecule has 0 radical (unpaired) electrons. The van der Waals surface area contributed by atoms with Gasteiger partial charge in [0.1, 0.15) is 11.4 Å². The Hall–Kier alpha value is -3.32. The number of amides is 2. The van der Waals surface area contributed by atoms with Crippen LogP contribution in [-0.4, -0.2) is 47.6 Å². The number of H-pyrrole nitrogens is 1. The highest BCUT2D eigenvalue weighted by atomic mass is 35.5. The minimum absolute atomic E-state index is 0.145. The number of methoxy groups -OCH3 is 1. The fourth-order valence-electron chi connectivity index (χ4n) is 2.65. The summed E-state index contributed by atoms with van der Waals surface area (Å²) in [5, 5.41) is 10.1. The molecule has 2 amide bonds. The first-order valence-electron chi connectivity index (χ1n) is 8.47. The summed E-state index contributed by atoms with van der Waals surface area (Å²) >= 11 is 5.96. The van der Waals surface area contributed by atoms with Crippen molar-refractivity contribution in [3.8, 4) is 17.0 Å². The number of nitrogens with one attached hydrogen (secondary N) is 2. The van der Waals surface area contributed by atoms with Crippen LogP contribution in [0.2, 0.25) is 5.02 Å². The van der Waals surface area contributed by atoms with Crippen LogP contribution in [0, 0.1) is 0 Å². The number of nitrogens with zero attached hydrogens (tertiary/aromatic N) is 2. The lowest BCUT2D eigenvalue weighted by Gasteiger charge is -2.16. The number of rotatable bonds is 6. The molecule has 0 atom stereocenters. The number of hydrogen-bond donors (Lipinski definition) is 2. The molecule has 1 heterocycles. The first kappa shape index (κ1) is 19.4. The first-order chi connectivity index (χ1) is 13.5. The SMILES string of the molecule is COc1ccc(Cl)cc1NC(=O)CN(C)C(=O)c1cc(-c2ccccc2)n[nH]1. The smallest absolute Gasteiger partial charge is 0.272 e. The van der Waals surface area contributed by atoms with E-state index in [1.165, 1.54) is 12.0 Å². The Labute approximate surface area is 167 Å². The molecule has 8 heteroatoms. The van der Waals surface area contributed by atoms with E-state index in [0.717, 1.165) is 5.56 Å². The van der Waals surface area contributed by atoms with Crippen molar-refractivity contribution in [3.63, 3.8) is 0 Å². The number of carbonyl (C=O) groups is 2. The van der Waals surface area contributed by atoms with E-state index in [2.05, 4.69) is 15.5 Å². The van der Waals surface area contributed by atoms with Crippen molar-refractivity contribution >= 4 is 29.1 Å². The predicted molar refractivity (Wildman–Crippen MR) is 108 cm³/mol. The number of benzene rings is 2. The van der Waals surface area contributed by atoms with Crippen molar-refractivity contribution < 1.29 is 14.3 Å². The number of anilines is 1. The van der Waals surface area contributed by atoms with Crippen molar-refractivity contribution in [2.75, 3.05) is 26.0 Å². The molecule has 0 unspecified atom stereocenters. The second kappa shape index (κ2) is 8.58. The van der Waals surface area contributed by atoms with Crippen LogP contribution in [0.25, 0.3) is 11.3 Å². The van der Waals surface area contributed by atoms with Crippen LogP contribution in [0.15, 0.2) is 54.6 Å². The number of likely N-dealkylation sites (N-methyl/N-ethyl adjacent to an activating group) is 1. The summed E-state index contributed by atoms with van der Waals surface area (Å²) in [5.74, 6) is -0.241. The molecule has 2 aromatic carbocycles. The highest BCUT2D eigenvalue weighted by Crippen LogP contribution is 2.27. The molecule has 144 valence electrons. The molecule has 1 aromatic heterocycles. The van der Waals surface area contributed by atoms with Gasteiger partial charge in [0.2, 0.25) is 5.91 Å². The Morgan fingerprint density at radius 1 is 1.18 bits per heavy atom. The lowest BCUT2D eigenvalue weighted by Crippen LogP contribution is -2.35. The first-order valence-corrected chi connectivity index (χ1v) is 8.85. The monoisotopic (exact) mass is 398 g/mol. The van der Waals surface area contributed by atoms with Gasteiger partial charge in [0.25, 0.3) is 5.91 Å². The molecule has 3 aromatic rings. The third-order valence-corrected chi connectivity index (χ3v) is 4.28. The summed E-state index contributed by atoms with van der Waals surface area (Å²) in [6.45, 7) is -0.145. The van der Waals surface area contributed by atoms with Gasteiger partial charge in [-0.3, -0.25) is 14.7 Å². The molecule has 0 saturated carbocycles. The Morgan fingerprint density at radius 3 is 2.64 bits per heavy atom. The van der Waals surface area contributed by atoms with Crippen LogP contribution in [0.1, 0.15) is 10.5 Å². The van der Waals surface area contributed by atoms with Crippen LogP contribution < -0.4 is 10.1 Å². The molecule has 0 spiro atoms. The van der Waals surface area contributed by atoms with Crippen LogP contribution in [0.4, 0.5) is 5.69 Å². The van der Waals surface area contributed by atoms with E-state index in [-0.39, 0.29) is 18.4 Å². The van der Waals surface area contributed by atoms with Gasteiger partial charge < -0.3 is 15.0 Å². The fourth-order valence-corrected chi connectivity index (χ4v) is 2.82. The number of halogens is 1. The summed E-state index contributed by atoms with van der Waals surface area (Å²) < 4.78 is 5.20. The van der Waals surface area contributed by atoms with Gasteiger partial charge >= 0.3 is 0 Å². The number of hydrogen-bond acceptors (Lipinski definition) is 4. The molecule has 28 heavy (non-hydrogen) atoms. The normalized spacial score (nSPS) is 10.4. The molecular weight excluding hydrogens is 380 g/mol. The highest BCUT2D eigenvalue weighted by Gasteiger charge is 2.18. The van der Waals surface area contributed by atoms with Crippen molar-refractivity contribution in [1.29, 1.82) is 0 Å². The van der Waals surface area contributed by atoms with Crippen LogP contribution in [0.5, 0.6) is 5.75 Å². The maximum Gasteiger partial charge on any atom is 0.272 e. The van der Waals surface area contributed by atoms with Crippen molar-refractivity contribution in [3.05, 3.63) is 65.3 Å². The lowest BCUT2D eigenvalue weighted by atomic mass is 10.1. The van der Waals surface area contributed by atoms with Crippen LogP contribution in [-0.2, 0) is 4.79 Å². The van der Waals surface area contributed by atoms with Gasteiger partial charge in [-0.2, -0.15) is 5.10 Å². The molecule has 0 saturated heterocycles. The third-order valence-electron chi connectivity index (χ3n) is 4.04. The molecule has 0 aliphatic carbocycles. The largest absolute Gasteiger partial charge is 0.495 e. The third kappa shape index (κ3) is 4.50. The highest BCUT2D eigenvalue weighted by molar-refractivity contribution is 6.31. The lowest BCUT2D eigenvalue weighted by molar-refractivity contribution is -0.116. The Balaban J connectivity index is 1.65. The van der Waals surface area contributed by atoms with Gasteiger partial charge in [-0.25, -0.2) is 0 Å². The summed E-state index contributed by atoms with van der Waals surface area (Å²) in [6, 6.07) is 16.1. The molecule has 3 rings (SSSR count). The molecule has 7 nitrogen and oxygen atoms in total. The summed E-state index contributed by atoms with van der Waals surface area (Å²) in [4.78, 5) is 26.2. The number of ether oxygens (including phenoxy) is 1. The van der Waals surface area contributed by atoms with E-state index in [1.54, 1.807) is 31.3 Å². The van der Waals surface area contributed by atoms with Crippen LogP contribution >= 0.6 is 11.6 Å². The standard InChI is InChI=1S/C20H19ClN4O3/c1-25(12-19(26)22-16-10-14(21)8-9-18(16)28-2)20(27)17-11-15(23-24-17)13-6-4-3-5-7-13/h3-11H,12H2,1-2H3,(H,22,26)(H,23,24).